The Labute approximate surface area is 206 Å². The molecular weight excluding hydrogens is 477 g/mol. The third-order valence-electron chi connectivity index (χ3n) is 7.22. The van der Waals surface area contributed by atoms with Crippen LogP contribution in [0.2, 0.25) is 5.02 Å². The predicted molar refractivity (Wildman–Crippen MR) is 132 cm³/mol. The number of piperidine rings is 2. The van der Waals surface area contributed by atoms with Gasteiger partial charge < -0.3 is 5.32 Å². The minimum Gasteiger partial charge on any atom is -0.325 e. The Bertz CT molecular complexity index is 1150. The van der Waals surface area contributed by atoms with E-state index in [1.54, 1.807) is 28.6 Å². The maximum atomic E-state index is 13.8. The molecule has 0 saturated carbocycles. The average Bonchev–Trinajstić information content (AvgIpc) is 2.79. The Balaban J connectivity index is 1.41. The zero-order valence-electron chi connectivity index (χ0n) is 19.6. The van der Waals surface area contributed by atoms with Crippen LogP contribution in [0.15, 0.2) is 53.4 Å². The third kappa shape index (κ3) is 5.46. The quantitative estimate of drug-likeness (QED) is 0.633. The number of amides is 1. The fraction of sp³-hybridized carbons (Fsp3) is 0.480. The highest BCUT2D eigenvalue weighted by Crippen LogP contribution is 2.46. The van der Waals surface area contributed by atoms with Crippen LogP contribution in [0.4, 0.5) is 10.1 Å². The molecule has 2 heterocycles. The van der Waals surface area contributed by atoms with E-state index in [1.807, 2.05) is 13.8 Å². The zero-order valence-corrected chi connectivity index (χ0v) is 21.1. The molecule has 1 spiro atoms. The summed E-state index contributed by atoms with van der Waals surface area (Å²) in [5, 5.41) is 3.50. The number of hydrogen-bond donors (Lipinski definition) is 1. The molecule has 2 aliphatic heterocycles. The number of nitrogens with one attached hydrogen (secondary N) is 1. The second-order valence-corrected chi connectivity index (χ2v) is 12.4. The number of benzene rings is 2. The second-order valence-electron chi connectivity index (χ2n) is 10.1. The van der Waals surface area contributed by atoms with Gasteiger partial charge in [0.15, 0.2) is 0 Å². The molecule has 2 saturated heterocycles. The summed E-state index contributed by atoms with van der Waals surface area (Å²) < 4.78 is 42.3. The zero-order chi connectivity index (χ0) is 24.6. The maximum Gasteiger partial charge on any atom is 0.243 e. The van der Waals surface area contributed by atoms with E-state index in [2.05, 4.69) is 10.2 Å². The Kier molecular flexibility index (Phi) is 7.06. The summed E-state index contributed by atoms with van der Waals surface area (Å²) in [5.41, 5.74) is 0.0148. The first-order valence-electron chi connectivity index (χ1n) is 11.6. The molecule has 1 amide bonds. The maximum absolute atomic E-state index is 13.8. The normalized spacial score (nSPS) is 20.8. The Morgan fingerprint density at radius 1 is 1.06 bits per heavy atom. The van der Waals surface area contributed by atoms with E-state index in [-0.39, 0.29) is 22.8 Å². The summed E-state index contributed by atoms with van der Waals surface area (Å²) in [6.07, 6.45) is 3.29. The van der Waals surface area contributed by atoms with Crippen molar-refractivity contribution < 1.29 is 17.6 Å². The number of nitrogens with zero attached hydrogens (tertiary/aromatic N) is 2. The van der Waals surface area contributed by atoms with Gasteiger partial charge in [-0.1, -0.05) is 17.7 Å². The summed E-state index contributed by atoms with van der Waals surface area (Å²) in [5.74, 6) is -0.644. The summed E-state index contributed by atoms with van der Waals surface area (Å²) in [4.78, 5) is 14.6. The van der Waals surface area contributed by atoms with E-state index in [4.69, 9.17) is 11.6 Å². The molecule has 184 valence electrons. The minimum atomic E-state index is -3.83. The number of anilines is 1. The largest absolute Gasteiger partial charge is 0.325 e. The number of rotatable bonds is 5. The lowest BCUT2D eigenvalue weighted by Gasteiger charge is -2.53. The summed E-state index contributed by atoms with van der Waals surface area (Å²) in [6, 6.07) is 12.2. The highest BCUT2D eigenvalue weighted by Gasteiger charge is 2.49. The molecule has 0 unspecified atom stereocenters. The van der Waals surface area contributed by atoms with Gasteiger partial charge >= 0.3 is 0 Å². The molecule has 2 aromatic carbocycles. The van der Waals surface area contributed by atoms with Crippen molar-refractivity contribution in [3.8, 4) is 0 Å². The second kappa shape index (κ2) is 9.57. The molecule has 0 aliphatic carbocycles. The lowest BCUT2D eigenvalue weighted by Crippen LogP contribution is -2.59. The van der Waals surface area contributed by atoms with Crippen molar-refractivity contribution in [3.05, 3.63) is 59.4 Å². The number of halogens is 2. The monoisotopic (exact) mass is 507 g/mol. The van der Waals surface area contributed by atoms with Crippen LogP contribution in [0.25, 0.3) is 0 Å². The molecule has 6 nitrogen and oxygen atoms in total. The molecule has 0 atom stereocenters. The van der Waals surface area contributed by atoms with Gasteiger partial charge in [-0.15, -0.1) is 0 Å². The van der Waals surface area contributed by atoms with Gasteiger partial charge in [-0.3, -0.25) is 9.69 Å². The van der Waals surface area contributed by atoms with E-state index >= 15 is 0 Å². The molecule has 0 aromatic heterocycles. The number of carbonyl (C=O) groups excluding carboxylic acids is 1. The fourth-order valence-electron chi connectivity index (χ4n) is 4.99. The minimum absolute atomic E-state index is 0.00562. The van der Waals surface area contributed by atoms with E-state index in [1.165, 1.54) is 18.2 Å². The first kappa shape index (κ1) is 25.1. The molecule has 4 rings (SSSR count). The van der Waals surface area contributed by atoms with Crippen LogP contribution in [0, 0.1) is 11.2 Å². The van der Waals surface area contributed by atoms with Crippen molar-refractivity contribution in [3.63, 3.8) is 0 Å². The summed E-state index contributed by atoms with van der Waals surface area (Å²) >= 11 is 5.89. The topological polar surface area (TPSA) is 69.7 Å². The van der Waals surface area contributed by atoms with E-state index in [0.29, 0.717) is 17.3 Å². The van der Waals surface area contributed by atoms with Crippen LogP contribution in [0.1, 0.15) is 39.5 Å². The van der Waals surface area contributed by atoms with Gasteiger partial charge in [0.25, 0.3) is 0 Å². The third-order valence-corrected chi connectivity index (χ3v) is 9.52. The van der Waals surface area contributed by atoms with E-state index in [9.17, 15) is 17.6 Å². The van der Waals surface area contributed by atoms with Crippen molar-refractivity contribution in [1.29, 1.82) is 0 Å². The first-order chi connectivity index (χ1) is 16.0. The first-order valence-corrected chi connectivity index (χ1v) is 13.4. The highest BCUT2D eigenvalue weighted by atomic mass is 35.5. The van der Waals surface area contributed by atoms with Gasteiger partial charge in [0.1, 0.15) is 5.82 Å². The highest BCUT2D eigenvalue weighted by molar-refractivity contribution is 7.89. The molecule has 2 fully saturated rings. The predicted octanol–water partition coefficient (Wildman–Crippen LogP) is 4.76. The van der Waals surface area contributed by atoms with Gasteiger partial charge in [-0.05, 0) is 100 Å². The molecule has 0 bridgehead atoms. The molecular formula is C25H31ClFN3O3S. The Morgan fingerprint density at radius 3 is 2.38 bits per heavy atom. The molecule has 2 aliphatic rings. The average molecular weight is 508 g/mol. The van der Waals surface area contributed by atoms with Crippen LogP contribution in [-0.2, 0) is 14.8 Å². The van der Waals surface area contributed by atoms with Crippen LogP contribution in [0.5, 0.6) is 0 Å². The van der Waals surface area contributed by atoms with Crippen LogP contribution in [0.3, 0.4) is 0 Å². The van der Waals surface area contributed by atoms with Crippen LogP contribution >= 0.6 is 11.6 Å². The molecule has 9 heteroatoms. The van der Waals surface area contributed by atoms with Gasteiger partial charge in [-0.2, -0.15) is 4.31 Å². The van der Waals surface area contributed by atoms with Gasteiger partial charge in [-0.25, -0.2) is 12.8 Å². The molecule has 1 N–H and O–H groups in total. The van der Waals surface area contributed by atoms with E-state index in [0.717, 1.165) is 44.8 Å². The number of likely N-dealkylation sites (tertiary alicyclic amines) is 1. The van der Waals surface area contributed by atoms with Gasteiger partial charge in [0.05, 0.1) is 11.4 Å². The van der Waals surface area contributed by atoms with Gasteiger partial charge in [0.2, 0.25) is 15.9 Å². The summed E-state index contributed by atoms with van der Waals surface area (Å²) in [7, 11) is -3.83. The molecule has 2 aromatic rings. The smallest absolute Gasteiger partial charge is 0.243 e. The van der Waals surface area contributed by atoms with E-state index < -0.39 is 21.4 Å². The van der Waals surface area contributed by atoms with Crippen LogP contribution < -0.4 is 5.32 Å². The van der Waals surface area contributed by atoms with Gasteiger partial charge in [0, 0.05) is 22.8 Å². The lowest BCUT2D eigenvalue weighted by molar-refractivity contribution is -0.118. The standard InChI is InChI=1S/C25H31ClFN3O3S/c1-24(2)10-11-25(18-30(24)34(32,33)22-5-3-4-20(27)16-22)12-14-29(15-13-25)17-23(31)28-21-8-6-19(26)7-9-21/h3-9,16H,10-15,17-18H2,1-2H3,(H,28,31). The number of carbonyl (C=O) groups is 1. The Hall–Kier alpha value is -2.00. The SMILES string of the molecule is CC1(C)CCC2(CCN(CC(=O)Nc3ccc(Cl)cc3)CC2)CN1S(=O)(=O)c1cccc(F)c1. The fourth-order valence-corrected chi connectivity index (χ4v) is 7.07. The van der Waals surface area contributed by atoms with Crippen molar-refractivity contribution >= 4 is 33.2 Å². The van der Waals surface area contributed by atoms with Crippen LogP contribution in [-0.4, -0.2) is 55.2 Å². The Morgan fingerprint density at radius 2 is 1.74 bits per heavy atom. The summed E-state index contributed by atoms with van der Waals surface area (Å²) in [6.45, 7) is 6.02. The molecule has 34 heavy (non-hydrogen) atoms. The van der Waals surface area contributed by atoms with Crippen molar-refractivity contribution in [2.45, 2.75) is 50.0 Å². The van der Waals surface area contributed by atoms with Crippen molar-refractivity contribution in [2.75, 3.05) is 31.5 Å². The molecule has 0 radical (unpaired) electrons. The lowest BCUT2D eigenvalue weighted by atomic mass is 9.69. The van der Waals surface area contributed by atoms with Crippen molar-refractivity contribution in [1.82, 2.24) is 9.21 Å². The van der Waals surface area contributed by atoms with Crippen molar-refractivity contribution in [2.24, 2.45) is 5.41 Å². The number of sulfonamides is 1. The number of hydrogen-bond acceptors (Lipinski definition) is 4.